The zero-order valence-corrected chi connectivity index (χ0v) is 10.8. The summed E-state index contributed by atoms with van der Waals surface area (Å²) in [4.78, 5) is 24.1. The minimum atomic E-state index is -1.13. The summed E-state index contributed by atoms with van der Waals surface area (Å²) in [5.41, 5.74) is 0.414. The molecule has 0 radical (unpaired) electrons. The molecule has 96 valence electrons. The number of carbonyl (C=O) groups excluding carboxylic acids is 1. The minimum absolute atomic E-state index is 0.145. The number of benzene rings is 1. The normalized spacial score (nSPS) is 31.2. The maximum absolute atomic E-state index is 12.5. The number of rotatable bonds is 1. The highest BCUT2D eigenvalue weighted by Gasteiger charge is 2.56. The van der Waals surface area contributed by atoms with E-state index >= 15 is 0 Å². The van der Waals surface area contributed by atoms with Gasteiger partial charge in [-0.2, -0.15) is 9.28 Å². The van der Waals surface area contributed by atoms with Crippen molar-refractivity contribution in [3.8, 4) is 0 Å². The Morgan fingerprint density at radius 2 is 1.94 bits per heavy atom. The Morgan fingerprint density at radius 1 is 1.33 bits per heavy atom. The lowest BCUT2D eigenvalue weighted by atomic mass is 10.1. The molecule has 0 aromatic heterocycles. The fourth-order valence-corrected chi connectivity index (χ4v) is 3.04. The van der Waals surface area contributed by atoms with Gasteiger partial charge in [-0.05, 0) is 19.1 Å². The summed E-state index contributed by atoms with van der Waals surface area (Å²) in [5, 5.41) is 9.20. The SMILES string of the molecule is C[C@@H]1C[C@H](Cl)C[N@+]1(C(=O)O)C(=O)c1ccccc1. The van der Waals surface area contributed by atoms with Gasteiger partial charge < -0.3 is 5.11 Å². The number of alkyl halides is 1. The van der Waals surface area contributed by atoms with Gasteiger partial charge in [0, 0.05) is 6.42 Å². The van der Waals surface area contributed by atoms with Gasteiger partial charge >= 0.3 is 12.0 Å². The van der Waals surface area contributed by atoms with E-state index in [1.54, 1.807) is 37.3 Å². The quantitative estimate of drug-likeness (QED) is 0.629. The molecule has 0 bridgehead atoms. The van der Waals surface area contributed by atoms with E-state index in [1.807, 2.05) is 0 Å². The lowest BCUT2D eigenvalue weighted by molar-refractivity contribution is -0.785. The number of nitrogens with zero attached hydrogens (tertiary/aromatic N) is 1. The molecule has 1 heterocycles. The summed E-state index contributed by atoms with van der Waals surface area (Å²) >= 11 is 6.04. The number of carbonyl (C=O) groups is 2. The first-order valence-electron chi connectivity index (χ1n) is 5.83. The number of quaternary nitrogens is 1. The van der Waals surface area contributed by atoms with Crippen molar-refractivity contribution < 1.29 is 19.2 Å². The summed E-state index contributed by atoms with van der Waals surface area (Å²) in [7, 11) is 0. The van der Waals surface area contributed by atoms with Crippen LogP contribution in [0.1, 0.15) is 23.7 Å². The number of likely N-dealkylation sites (tertiary alicyclic amines) is 1. The number of hydrogen-bond donors (Lipinski definition) is 1. The maximum atomic E-state index is 12.5. The molecule has 18 heavy (non-hydrogen) atoms. The van der Waals surface area contributed by atoms with Gasteiger partial charge in [-0.3, -0.25) is 0 Å². The topological polar surface area (TPSA) is 54.4 Å². The Hall–Kier alpha value is -1.39. The molecule has 3 atom stereocenters. The highest BCUT2D eigenvalue weighted by atomic mass is 35.5. The van der Waals surface area contributed by atoms with Crippen LogP contribution in [0.5, 0.6) is 0 Å². The van der Waals surface area contributed by atoms with Crippen molar-refractivity contribution >= 4 is 23.6 Å². The third-order valence-corrected chi connectivity index (χ3v) is 3.88. The Morgan fingerprint density at radius 3 is 2.39 bits per heavy atom. The Bertz CT molecular complexity index is 476. The van der Waals surface area contributed by atoms with Crippen molar-refractivity contribution in [2.75, 3.05) is 6.54 Å². The van der Waals surface area contributed by atoms with Crippen molar-refractivity contribution in [3.05, 3.63) is 35.9 Å². The maximum Gasteiger partial charge on any atom is 0.521 e. The highest BCUT2D eigenvalue weighted by Crippen LogP contribution is 2.32. The largest absolute Gasteiger partial charge is 0.521 e. The molecule has 1 saturated heterocycles. The molecule has 2 rings (SSSR count). The Kier molecular flexibility index (Phi) is 3.41. The second-order valence-corrected chi connectivity index (χ2v) is 5.30. The smallest absolute Gasteiger partial charge is 0.435 e. The average molecular weight is 269 g/mol. The van der Waals surface area contributed by atoms with E-state index in [2.05, 4.69) is 0 Å². The fourth-order valence-electron chi connectivity index (χ4n) is 2.56. The Balaban J connectivity index is 2.44. The molecule has 0 unspecified atom stereocenters. The van der Waals surface area contributed by atoms with Crippen LogP contribution >= 0.6 is 11.6 Å². The van der Waals surface area contributed by atoms with Crippen LogP contribution in [0, 0.1) is 0 Å². The van der Waals surface area contributed by atoms with Gasteiger partial charge in [0.05, 0.1) is 10.9 Å². The van der Waals surface area contributed by atoms with Crippen molar-refractivity contribution in [2.24, 2.45) is 0 Å². The van der Waals surface area contributed by atoms with Gasteiger partial charge in [-0.15, -0.1) is 11.6 Å². The Labute approximate surface area is 110 Å². The van der Waals surface area contributed by atoms with E-state index in [4.69, 9.17) is 11.6 Å². The van der Waals surface area contributed by atoms with Crippen molar-refractivity contribution in [1.82, 2.24) is 0 Å². The molecule has 1 N–H and O–H groups in total. The number of amides is 2. The first kappa shape index (κ1) is 13.1. The van der Waals surface area contributed by atoms with E-state index in [0.29, 0.717) is 12.0 Å². The van der Waals surface area contributed by atoms with Crippen LogP contribution in [0.3, 0.4) is 0 Å². The molecule has 1 aromatic carbocycles. The standard InChI is InChI=1S/C13H14ClNO3/c1-9-7-11(14)8-15(9,13(17)18)12(16)10-5-3-2-4-6-10/h2-6,9,11H,7-8H2,1H3/p+1/t9-,11+,15-/m1/s1. The van der Waals surface area contributed by atoms with E-state index in [-0.39, 0.29) is 18.0 Å². The number of carboxylic acid groups (broad SMARTS) is 1. The predicted octanol–water partition coefficient (Wildman–Crippen LogP) is 2.72. The van der Waals surface area contributed by atoms with Gasteiger partial charge in [-0.1, -0.05) is 18.2 Å². The molecular formula is C13H15ClNO3+. The average Bonchev–Trinajstić information content (AvgIpc) is 2.65. The van der Waals surface area contributed by atoms with Crippen molar-refractivity contribution in [2.45, 2.75) is 24.8 Å². The van der Waals surface area contributed by atoms with Crippen LogP contribution in [0.15, 0.2) is 30.3 Å². The highest BCUT2D eigenvalue weighted by molar-refractivity contribution is 6.21. The fraction of sp³-hybridized carbons (Fsp3) is 0.385. The minimum Gasteiger partial charge on any atom is -0.435 e. The van der Waals surface area contributed by atoms with Crippen molar-refractivity contribution in [3.63, 3.8) is 0 Å². The molecule has 0 spiro atoms. The molecule has 1 fully saturated rings. The zero-order chi connectivity index (χ0) is 13.3. The summed E-state index contributed by atoms with van der Waals surface area (Å²) < 4.78 is -0.599. The molecule has 4 nitrogen and oxygen atoms in total. The monoisotopic (exact) mass is 268 g/mol. The van der Waals surface area contributed by atoms with E-state index in [9.17, 15) is 14.7 Å². The molecule has 2 amide bonds. The first-order valence-corrected chi connectivity index (χ1v) is 6.27. The van der Waals surface area contributed by atoms with Crippen LogP contribution < -0.4 is 0 Å². The van der Waals surface area contributed by atoms with Gasteiger partial charge in [0.25, 0.3) is 0 Å². The summed E-state index contributed by atoms with van der Waals surface area (Å²) in [6.45, 7) is 1.91. The van der Waals surface area contributed by atoms with Crippen LogP contribution in [-0.2, 0) is 0 Å². The summed E-state index contributed by atoms with van der Waals surface area (Å²) in [6, 6.07) is 8.21. The lowest BCUT2D eigenvalue weighted by Crippen LogP contribution is -2.58. The summed E-state index contributed by atoms with van der Waals surface area (Å²) in [6.07, 6.45) is -0.591. The third-order valence-electron chi connectivity index (χ3n) is 3.56. The molecule has 1 aliphatic rings. The van der Waals surface area contributed by atoms with E-state index in [0.717, 1.165) is 0 Å². The summed E-state index contributed by atoms with van der Waals surface area (Å²) in [5.74, 6) is -0.390. The second-order valence-electron chi connectivity index (χ2n) is 4.69. The zero-order valence-electron chi connectivity index (χ0n) is 10.0. The number of imide groups is 1. The van der Waals surface area contributed by atoms with E-state index < -0.39 is 16.5 Å². The van der Waals surface area contributed by atoms with Crippen LogP contribution in [0.4, 0.5) is 4.79 Å². The molecular weight excluding hydrogens is 254 g/mol. The van der Waals surface area contributed by atoms with E-state index in [1.165, 1.54) is 0 Å². The third kappa shape index (κ3) is 1.91. The van der Waals surface area contributed by atoms with Gasteiger partial charge in [0.15, 0.2) is 0 Å². The van der Waals surface area contributed by atoms with Crippen LogP contribution in [0.25, 0.3) is 0 Å². The van der Waals surface area contributed by atoms with Crippen LogP contribution in [-0.4, -0.2) is 39.6 Å². The lowest BCUT2D eigenvalue weighted by Gasteiger charge is -2.29. The van der Waals surface area contributed by atoms with Crippen molar-refractivity contribution in [1.29, 1.82) is 0 Å². The van der Waals surface area contributed by atoms with Crippen LogP contribution in [0.2, 0.25) is 0 Å². The number of hydrogen-bond acceptors (Lipinski definition) is 2. The second kappa shape index (κ2) is 4.71. The molecule has 0 saturated carbocycles. The molecule has 5 heteroatoms. The first-order chi connectivity index (χ1) is 8.48. The molecule has 1 aliphatic heterocycles. The predicted molar refractivity (Wildman–Crippen MR) is 67.6 cm³/mol. The number of halogens is 1. The molecule has 0 aliphatic carbocycles. The molecule has 1 aromatic rings. The van der Waals surface area contributed by atoms with Gasteiger partial charge in [0.1, 0.15) is 12.6 Å². The van der Waals surface area contributed by atoms with Gasteiger partial charge in [-0.25, -0.2) is 4.79 Å². The van der Waals surface area contributed by atoms with Gasteiger partial charge in [0.2, 0.25) is 0 Å².